The van der Waals surface area contributed by atoms with E-state index < -0.39 is 36.9 Å². The molecule has 1 atom stereocenters. The molecule has 0 aliphatic rings. The van der Waals surface area contributed by atoms with E-state index in [0.29, 0.717) is 28.2 Å². The number of rotatable bonds is 10. The molecule has 1 amide bonds. The summed E-state index contributed by atoms with van der Waals surface area (Å²) in [5.74, 6) is -0.938. The highest BCUT2D eigenvalue weighted by Gasteiger charge is 2.41. The first-order chi connectivity index (χ1) is 16.7. The highest BCUT2D eigenvalue weighted by molar-refractivity contribution is 5.81. The predicted molar refractivity (Wildman–Crippen MR) is 123 cm³/mol. The van der Waals surface area contributed by atoms with E-state index in [-0.39, 0.29) is 0 Å². The number of hydrogen-bond donors (Lipinski definition) is 2. The number of methoxy groups -OCH3 is 2. The summed E-state index contributed by atoms with van der Waals surface area (Å²) < 4.78 is 55.3. The fraction of sp³-hybridized carbons (Fsp3) is 0.269. The lowest BCUT2D eigenvalue weighted by Crippen LogP contribution is -2.48. The Kier molecular flexibility index (Phi) is 8.37. The number of nitrogens with one attached hydrogen (secondary N) is 1. The van der Waals surface area contributed by atoms with E-state index in [0.717, 1.165) is 0 Å². The number of carbonyl (C=O) groups is 1. The highest BCUT2D eigenvalue weighted by Crippen LogP contribution is 2.41. The monoisotopic (exact) mass is 489 g/mol. The smallest absolute Gasteiger partial charge is 0.471 e. The number of carbonyl (C=O) groups excluding carboxylic acids is 1. The van der Waals surface area contributed by atoms with Gasteiger partial charge in [-0.3, -0.25) is 4.79 Å². The van der Waals surface area contributed by atoms with Gasteiger partial charge in [-0.2, -0.15) is 13.2 Å². The van der Waals surface area contributed by atoms with E-state index in [1.165, 1.54) is 14.2 Å². The average Bonchev–Trinajstić information content (AvgIpc) is 2.88. The number of ether oxygens (including phenoxy) is 3. The molecule has 0 radical (unpaired) electrons. The maximum absolute atomic E-state index is 12.8. The maximum atomic E-state index is 12.8. The van der Waals surface area contributed by atoms with Crippen molar-refractivity contribution in [3.63, 3.8) is 0 Å². The van der Waals surface area contributed by atoms with Gasteiger partial charge in [0.25, 0.3) is 0 Å². The molecule has 0 aliphatic heterocycles. The van der Waals surface area contributed by atoms with E-state index in [1.54, 1.807) is 53.8 Å². The van der Waals surface area contributed by atoms with Crippen molar-refractivity contribution in [1.82, 2.24) is 5.32 Å². The topological polar surface area (TPSA) is 77.0 Å². The van der Waals surface area contributed by atoms with E-state index in [2.05, 4.69) is 0 Å². The van der Waals surface area contributed by atoms with Crippen molar-refractivity contribution in [2.45, 2.75) is 17.8 Å². The van der Waals surface area contributed by atoms with Gasteiger partial charge in [-0.05, 0) is 41.0 Å². The summed E-state index contributed by atoms with van der Waals surface area (Å²) in [5.41, 5.74) is 0.715. The van der Waals surface area contributed by atoms with E-state index >= 15 is 0 Å². The van der Waals surface area contributed by atoms with Crippen molar-refractivity contribution >= 4 is 5.91 Å². The molecule has 3 aromatic rings. The van der Waals surface area contributed by atoms with Gasteiger partial charge in [0.05, 0.1) is 33.5 Å². The van der Waals surface area contributed by atoms with Crippen LogP contribution in [0.4, 0.5) is 13.2 Å². The Morgan fingerprint density at radius 1 is 0.829 bits per heavy atom. The van der Waals surface area contributed by atoms with Crippen LogP contribution in [0.25, 0.3) is 0 Å². The summed E-state index contributed by atoms with van der Waals surface area (Å²) in [6.45, 7) is -1.16. The van der Waals surface area contributed by atoms with Crippen molar-refractivity contribution in [3.05, 3.63) is 95.6 Å². The molecule has 0 aliphatic carbocycles. The summed E-state index contributed by atoms with van der Waals surface area (Å²) in [4.78, 5) is 11.5. The number of aliphatic hydroxyl groups is 1. The van der Waals surface area contributed by atoms with Gasteiger partial charge in [0.1, 0.15) is 17.1 Å². The zero-order valence-corrected chi connectivity index (χ0v) is 19.2. The molecule has 0 saturated heterocycles. The standard InChI is InChI=1S/C26H26F3NO5/c1-33-22-12-8-19(9-13-22)25(18-6-4-3-5-7-18,20-10-14-23(34-2)15-11-20)35-17-21(16-31)30-24(32)26(27,28)29/h3-15,21,31H,16-17H2,1-2H3,(H,30,32). The van der Waals surface area contributed by atoms with Gasteiger partial charge in [0.2, 0.25) is 0 Å². The van der Waals surface area contributed by atoms with Gasteiger partial charge in [-0.25, -0.2) is 0 Å². The fourth-order valence-electron chi connectivity index (χ4n) is 3.71. The second-order valence-electron chi connectivity index (χ2n) is 7.67. The number of amides is 1. The molecule has 0 spiro atoms. The Balaban J connectivity index is 2.12. The molecule has 9 heteroatoms. The molecule has 1 unspecified atom stereocenters. The molecule has 3 rings (SSSR count). The number of hydrogen-bond acceptors (Lipinski definition) is 5. The Morgan fingerprint density at radius 3 is 1.69 bits per heavy atom. The van der Waals surface area contributed by atoms with Crippen LogP contribution in [0.1, 0.15) is 16.7 Å². The third kappa shape index (κ3) is 5.93. The van der Waals surface area contributed by atoms with Crippen LogP contribution in [0, 0.1) is 0 Å². The lowest BCUT2D eigenvalue weighted by atomic mass is 9.80. The Bertz CT molecular complexity index is 1040. The number of aliphatic hydroxyl groups excluding tert-OH is 1. The van der Waals surface area contributed by atoms with Crippen LogP contribution >= 0.6 is 0 Å². The molecule has 35 heavy (non-hydrogen) atoms. The molecular weight excluding hydrogens is 463 g/mol. The molecule has 6 nitrogen and oxygen atoms in total. The van der Waals surface area contributed by atoms with Gasteiger partial charge < -0.3 is 24.6 Å². The molecule has 0 saturated carbocycles. The summed E-state index contributed by atoms with van der Waals surface area (Å²) in [7, 11) is 3.07. The minimum absolute atomic E-state index is 0.411. The van der Waals surface area contributed by atoms with Crippen LogP contribution in [-0.2, 0) is 15.1 Å². The van der Waals surface area contributed by atoms with Gasteiger partial charge in [-0.1, -0.05) is 54.6 Å². The van der Waals surface area contributed by atoms with Crippen LogP contribution in [0.3, 0.4) is 0 Å². The second kappa shape index (κ2) is 11.2. The van der Waals surface area contributed by atoms with Crippen molar-refractivity contribution < 1.29 is 37.3 Å². The SMILES string of the molecule is COc1ccc(C(OCC(CO)NC(=O)C(F)(F)F)(c2ccccc2)c2ccc(OC)cc2)cc1. The van der Waals surface area contributed by atoms with Crippen LogP contribution < -0.4 is 14.8 Å². The number of benzene rings is 3. The zero-order chi connectivity index (χ0) is 25.5. The molecular formula is C26H26F3NO5. The molecule has 2 N–H and O–H groups in total. The first-order valence-electron chi connectivity index (χ1n) is 10.7. The minimum atomic E-state index is -5.09. The Morgan fingerprint density at radius 2 is 1.29 bits per heavy atom. The van der Waals surface area contributed by atoms with E-state index in [4.69, 9.17) is 14.2 Å². The predicted octanol–water partition coefficient (Wildman–Crippen LogP) is 4.05. The minimum Gasteiger partial charge on any atom is -0.497 e. The van der Waals surface area contributed by atoms with Crippen molar-refractivity contribution in [2.24, 2.45) is 0 Å². The number of alkyl halides is 3. The summed E-state index contributed by atoms with van der Waals surface area (Å²) in [6.07, 6.45) is -5.09. The maximum Gasteiger partial charge on any atom is 0.471 e. The third-order valence-electron chi connectivity index (χ3n) is 5.49. The lowest BCUT2D eigenvalue weighted by molar-refractivity contribution is -0.175. The van der Waals surface area contributed by atoms with E-state index in [9.17, 15) is 23.1 Å². The van der Waals surface area contributed by atoms with Crippen molar-refractivity contribution in [1.29, 1.82) is 0 Å². The quantitative estimate of drug-likeness (QED) is 0.420. The molecule has 186 valence electrons. The van der Waals surface area contributed by atoms with Gasteiger partial charge in [0, 0.05) is 0 Å². The molecule has 0 fully saturated rings. The van der Waals surface area contributed by atoms with Crippen LogP contribution in [0.15, 0.2) is 78.9 Å². The van der Waals surface area contributed by atoms with Crippen molar-refractivity contribution in [3.8, 4) is 11.5 Å². The first-order valence-corrected chi connectivity index (χ1v) is 10.7. The van der Waals surface area contributed by atoms with Crippen LogP contribution in [0.2, 0.25) is 0 Å². The van der Waals surface area contributed by atoms with E-state index in [1.807, 2.05) is 30.3 Å². The highest BCUT2D eigenvalue weighted by atomic mass is 19.4. The lowest BCUT2D eigenvalue weighted by Gasteiger charge is -2.37. The van der Waals surface area contributed by atoms with Gasteiger partial charge in [-0.15, -0.1) is 0 Å². The fourth-order valence-corrected chi connectivity index (χ4v) is 3.71. The van der Waals surface area contributed by atoms with Crippen molar-refractivity contribution in [2.75, 3.05) is 27.4 Å². The number of halogens is 3. The Hall–Kier alpha value is -3.56. The summed E-state index contributed by atoms with van der Waals surface area (Å²) in [6, 6.07) is 22.0. The van der Waals surface area contributed by atoms with Crippen LogP contribution in [0.5, 0.6) is 11.5 Å². The first kappa shape index (κ1) is 26.1. The molecule has 3 aromatic carbocycles. The Labute approximate surface area is 201 Å². The molecule has 0 bridgehead atoms. The third-order valence-corrected chi connectivity index (χ3v) is 5.49. The normalized spacial score (nSPS) is 12.6. The van der Waals surface area contributed by atoms with Crippen LogP contribution in [-0.4, -0.2) is 50.7 Å². The average molecular weight is 489 g/mol. The van der Waals surface area contributed by atoms with Gasteiger partial charge >= 0.3 is 12.1 Å². The molecule has 0 heterocycles. The second-order valence-corrected chi connectivity index (χ2v) is 7.67. The zero-order valence-electron chi connectivity index (χ0n) is 19.2. The largest absolute Gasteiger partial charge is 0.497 e. The summed E-state index contributed by atoms with van der Waals surface area (Å²) in [5, 5.41) is 11.5. The molecule has 0 aromatic heterocycles. The van der Waals surface area contributed by atoms with Gasteiger partial charge in [0.15, 0.2) is 0 Å². The summed E-state index contributed by atoms with van der Waals surface area (Å²) >= 11 is 0.